The first-order chi connectivity index (χ1) is 9.69. The Morgan fingerprint density at radius 2 is 2.15 bits per heavy atom. The van der Waals surface area contributed by atoms with Crippen molar-refractivity contribution in [3.63, 3.8) is 0 Å². The van der Waals surface area contributed by atoms with Gasteiger partial charge in [-0.25, -0.2) is 4.98 Å². The maximum absolute atomic E-state index is 11.9. The summed E-state index contributed by atoms with van der Waals surface area (Å²) in [5.74, 6) is -0.501. The Hall–Kier alpha value is -2.36. The van der Waals surface area contributed by atoms with Gasteiger partial charge in [-0.05, 0) is 24.3 Å². The molecule has 0 spiro atoms. The molecular weight excluding hydrogens is 296 g/mol. The minimum absolute atomic E-state index is 0.0462. The molecule has 1 aromatic carbocycles. The van der Waals surface area contributed by atoms with Crippen LogP contribution in [-0.2, 0) is 4.79 Å². The van der Waals surface area contributed by atoms with E-state index in [9.17, 15) is 4.79 Å². The van der Waals surface area contributed by atoms with Crippen LogP contribution in [0.1, 0.15) is 0 Å². The van der Waals surface area contributed by atoms with Gasteiger partial charge in [0.2, 0.25) is 0 Å². The van der Waals surface area contributed by atoms with Crippen molar-refractivity contribution in [3.05, 3.63) is 52.6 Å². The molecule has 2 aromatic rings. The topological polar surface area (TPSA) is 77.8 Å². The number of nitrogens with zero attached hydrogens (tertiary/aromatic N) is 2. The number of nitrogens with one attached hydrogen (secondary N) is 2. The van der Waals surface area contributed by atoms with Crippen LogP contribution < -0.4 is 10.6 Å². The number of thiazole rings is 1. The highest BCUT2D eigenvalue weighted by molar-refractivity contribution is 7.13. The molecule has 7 heteroatoms. The molecule has 5 nitrogen and oxygen atoms in total. The first-order valence-corrected chi connectivity index (χ1v) is 6.78. The molecule has 0 radical (unpaired) electrons. The highest BCUT2D eigenvalue weighted by Crippen LogP contribution is 2.15. The molecule has 2 rings (SSSR count). The zero-order valence-electron chi connectivity index (χ0n) is 10.1. The molecule has 0 aliphatic heterocycles. The molecule has 0 aliphatic rings. The fourth-order valence-corrected chi connectivity index (χ4v) is 1.93. The molecule has 0 unspecified atom stereocenters. The van der Waals surface area contributed by atoms with E-state index in [1.807, 2.05) is 6.07 Å². The van der Waals surface area contributed by atoms with Crippen LogP contribution in [0, 0.1) is 11.3 Å². The third-order valence-corrected chi connectivity index (χ3v) is 3.20. The van der Waals surface area contributed by atoms with E-state index in [1.54, 1.807) is 35.8 Å². The Balaban J connectivity index is 2.04. The number of aromatic nitrogens is 1. The van der Waals surface area contributed by atoms with E-state index in [-0.39, 0.29) is 5.57 Å². The summed E-state index contributed by atoms with van der Waals surface area (Å²) in [7, 11) is 0. The second kappa shape index (κ2) is 6.70. The normalized spacial score (nSPS) is 10.7. The molecule has 2 N–H and O–H groups in total. The molecule has 0 aliphatic carbocycles. The van der Waals surface area contributed by atoms with Crippen LogP contribution in [0.25, 0.3) is 0 Å². The predicted molar refractivity (Wildman–Crippen MR) is 79.5 cm³/mol. The smallest absolute Gasteiger partial charge is 0.267 e. The number of amides is 1. The largest absolute Gasteiger partial charge is 0.337 e. The van der Waals surface area contributed by atoms with Crippen molar-refractivity contribution in [1.82, 2.24) is 4.98 Å². The molecule has 0 saturated heterocycles. The Morgan fingerprint density at radius 1 is 1.40 bits per heavy atom. The summed E-state index contributed by atoms with van der Waals surface area (Å²) in [6, 6.07) is 8.45. The second-order valence-electron chi connectivity index (χ2n) is 3.61. The summed E-state index contributed by atoms with van der Waals surface area (Å²) in [5.41, 5.74) is 0.518. The van der Waals surface area contributed by atoms with Crippen molar-refractivity contribution < 1.29 is 4.79 Å². The van der Waals surface area contributed by atoms with Crippen molar-refractivity contribution >= 4 is 39.7 Å². The highest BCUT2D eigenvalue weighted by Gasteiger charge is 2.09. The van der Waals surface area contributed by atoms with Gasteiger partial charge in [0.15, 0.2) is 5.13 Å². The van der Waals surface area contributed by atoms with E-state index in [0.29, 0.717) is 15.8 Å². The first-order valence-electron chi connectivity index (χ1n) is 5.52. The standard InChI is InChI=1S/C13H9ClN4OS/c14-10-1-3-11(4-2-10)18-12(19)9(7-15)8-17-13-16-5-6-20-13/h1-6,8H,(H,16,17)(H,18,19)/b9-8-. The average Bonchev–Trinajstić information content (AvgIpc) is 2.95. The maximum atomic E-state index is 11.9. The number of benzene rings is 1. The number of anilines is 2. The third-order valence-electron chi connectivity index (χ3n) is 2.24. The Kier molecular flexibility index (Phi) is 4.71. The van der Waals surface area contributed by atoms with Crippen LogP contribution in [0.3, 0.4) is 0 Å². The number of nitriles is 1. The average molecular weight is 305 g/mol. The lowest BCUT2D eigenvalue weighted by Crippen LogP contribution is -2.14. The number of halogens is 1. The van der Waals surface area contributed by atoms with Gasteiger partial charge in [0.1, 0.15) is 11.6 Å². The lowest BCUT2D eigenvalue weighted by molar-refractivity contribution is -0.112. The molecule has 1 amide bonds. The van der Waals surface area contributed by atoms with Crippen molar-refractivity contribution in [3.8, 4) is 6.07 Å². The van der Waals surface area contributed by atoms with Crippen LogP contribution >= 0.6 is 22.9 Å². The molecule has 1 aromatic heterocycles. The van der Waals surface area contributed by atoms with E-state index in [2.05, 4.69) is 15.6 Å². The molecule has 100 valence electrons. The van der Waals surface area contributed by atoms with Gasteiger partial charge in [0.25, 0.3) is 5.91 Å². The van der Waals surface area contributed by atoms with Gasteiger partial charge in [-0.1, -0.05) is 11.6 Å². The summed E-state index contributed by atoms with van der Waals surface area (Å²) in [6.07, 6.45) is 2.95. The van der Waals surface area contributed by atoms with Gasteiger partial charge in [0.05, 0.1) is 0 Å². The lowest BCUT2D eigenvalue weighted by Gasteiger charge is -2.04. The highest BCUT2D eigenvalue weighted by atomic mass is 35.5. The third kappa shape index (κ3) is 3.82. The maximum Gasteiger partial charge on any atom is 0.267 e. The van der Waals surface area contributed by atoms with Crippen molar-refractivity contribution in [2.45, 2.75) is 0 Å². The minimum atomic E-state index is -0.501. The number of rotatable bonds is 4. The first kappa shape index (κ1) is 14.1. The molecule has 0 bridgehead atoms. The van der Waals surface area contributed by atoms with Crippen LogP contribution in [0.5, 0.6) is 0 Å². The second-order valence-corrected chi connectivity index (χ2v) is 4.94. The summed E-state index contributed by atoms with van der Waals surface area (Å²) >= 11 is 7.12. The summed E-state index contributed by atoms with van der Waals surface area (Å²) in [4.78, 5) is 15.9. The summed E-state index contributed by atoms with van der Waals surface area (Å²) in [6.45, 7) is 0. The monoisotopic (exact) mass is 304 g/mol. The van der Waals surface area contributed by atoms with Crippen LogP contribution in [0.4, 0.5) is 10.8 Å². The molecule has 0 fully saturated rings. The molecule has 0 saturated carbocycles. The number of carbonyl (C=O) groups is 1. The predicted octanol–water partition coefficient (Wildman–Crippen LogP) is 3.25. The Morgan fingerprint density at radius 3 is 2.75 bits per heavy atom. The van der Waals surface area contributed by atoms with Crippen LogP contribution in [-0.4, -0.2) is 10.9 Å². The quantitative estimate of drug-likeness (QED) is 0.671. The zero-order valence-corrected chi connectivity index (χ0v) is 11.7. The van der Waals surface area contributed by atoms with Gasteiger partial charge < -0.3 is 10.6 Å². The zero-order chi connectivity index (χ0) is 14.4. The SMILES string of the molecule is N#C/C(=C/Nc1nccs1)C(=O)Nc1ccc(Cl)cc1. The van der Waals surface area contributed by atoms with E-state index in [1.165, 1.54) is 17.5 Å². The van der Waals surface area contributed by atoms with E-state index in [0.717, 1.165) is 0 Å². The summed E-state index contributed by atoms with van der Waals surface area (Å²) in [5, 5.41) is 17.4. The number of hydrogen-bond acceptors (Lipinski definition) is 5. The molecule has 0 atom stereocenters. The fourth-order valence-electron chi connectivity index (χ4n) is 1.31. The van der Waals surface area contributed by atoms with Crippen LogP contribution in [0.15, 0.2) is 47.6 Å². The van der Waals surface area contributed by atoms with E-state index in [4.69, 9.17) is 16.9 Å². The fraction of sp³-hybridized carbons (Fsp3) is 0. The lowest BCUT2D eigenvalue weighted by atomic mass is 10.2. The molecular formula is C13H9ClN4OS. The van der Waals surface area contributed by atoms with Crippen molar-refractivity contribution in [2.75, 3.05) is 10.6 Å². The van der Waals surface area contributed by atoms with Crippen LogP contribution in [0.2, 0.25) is 5.02 Å². The van der Waals surface area contributed by atoms with Gasteiger partial charge in [-0.2, -0.15) is 5.26 Å². The van der Waals surface area contributed by atoms with Gasteiger partial charge >= 0.3 is 0 Å². The van der Waals surface area contributed by atoms with E-state index < -0.39 is 5.91 Å². The number of carbonyl (C=O) groups excluding carboxylic acids is 1. The minimum Gasteiger partial charge on any atom is -0.337 e. The van der Waals surface area contributed by atoms with Gasteiger partial charge in [-0.3, -0.25) is 4.79 Å². The molecule has 1 heterocycles. The van der Waals surface area contributed by atoms with Crippen molar-refractivity contribution in [1.29, 1.82) is 5.26 Å². The van der Waals surface area contributed by atoms with Gasteiger partial charge in [0, 0.05) is 28.5 Å². The Bertz CT molecular complexity index is 659. The van der Waals surface area contributed by atoms with Gasteiger partial charge in [-0.15, -0.1) is 11.3 Å². The Labute approximate surface area is 124 Å². The summed E-state index contributed by atoms with van der Waals surface area (Å²) < 4.78 is 0. The number of hydrogen-bond donors (Lipinski definition) is 2. The van der Waals surface area contributed by atoms with Crippen molar-refractivity contribution in [2.24, 2.45) is 0 Å². The van der Waals surface area contributed by atoms with E-state index >= 15 is 0 Å². The molecule has 20 heavy (non-hydrogen) atoms.